The minimum Gasteiger partial charge on any atom is -0.383 e. The van der Waals surface area contributed by atoms with Crippen LogP contribution >= 0.6 is 11.6 Å². The van der Waals surface area contributed by atoms with Crippen LogP contribution in [0.25, 0.3) is 22.9 Å². The van der Waals surface area contributed by atoms with Gasteiger partial charge in [-0.15, -0.1) is 0 Å². The molecule has 0 bridgehead atoms. The zero-order chi connectivity index (χ0) is 22.3. The molecule has 1 aliphatic rings. The first-order valence-electron chi connectivity index (χ1n) is 11.4. The topological polar surface area (TPSA) is 74.4 Å². The van der Waals surface area contributed by atoms with Crippen LogP contribution < -0.4 is 11.1 Å². The average molecular weight is 451 g/mol. The van der Waals surface area contributed by atoms with E-state index >= 15 is 0 Å². The van der Waals surface area contributed by atoms with Crippen molar-refractivity contribution in [3.63, 3.8) is 0 Å². The third-order valence-electron chi connectivity index (χ3n) is 6.06. The highest BCUT2D eigenvalue weighted by atomic mass is 35.5. The van der Waals surface area contributed by atoms with Gasteiger partial charge < -0.3 is 15.7 Å². The molecule has 32 heavy (non-hydrogen) atoms. The lowest BCUT2D eigenvalue weighted by molar-refractivity contribution is 0.135. The molecule has 0 spiro atoms. The molecule has 4 rings (SSSR count). The monoisotopic (exact) mass is 450 g/mol. The molecular formula is C26H31ClN4O. The number of anilines is 1. The third kappa shape index (κ3) is 5.87. The molecule has 3 aromatic rings. The van der Waals surface area contributed by atoms with Crippen LogP contribution in [0.1, 0.15) is 48.6 Å². The van der Waals surface area contributed by atoms with E-state index in [4.69, 9.17) is 17.3 Å². The average Bonchev–Trinajstić information content (AvgIpc) is 2.82. The molecule has 0 radical (unpaired) electrons. The Morgan fingerprint density at radius 1 is 1.09 bits per heavy atom. The highest BCUT2D eigenvalue weighted by Gasteiger charge is 2.10. The summed E-state index contributed by atoms with van der Waals surface area (Å²) in [6.07, 6.45) is 10.1. The van der Waals surface area contributed by atoms with Crippen molar-refractivity contribution in [3.8, 4) is 0 Å². The maximum absolute atomic E-state index is 10.5. The smallest absolute Gasteiger partial charge is 0.131 e. The third-order valence-corrected chi connectivity index (χ3v) is 6.29. The highest BCUT2D eigenvalue weighted by Crippen LogP contribution is 2.27. The molecule has 0 amide bonds. The number of nitrogens with zero attached hydrogens (tertiary/aromatic N) is 2. The lowest BCUT2D eigenvalue weighted by Crippen LogP contribution is -2.32. The minimum absolute atomic E-state index is 0.469. The molecule has 1 aliphatic heterocycles. The van der Waals surface area contributed by atoms with E-state index in [0.717, 1.165) is 47.0 Å². The van der Waals surface area contributed by atoms with Crippen LogP contribution in [0, 0.1) is 0 Å². The number of rotatable bonds is 8. The van der Waals surface area contributed by atoms with Crippen molar-refractivity contribution in [3.05, 3.63) is 70.4 Å². The molecule has 6 heteroatoms. The number of hydrogen-bond donors (Lipinski definition) is 3. The van der Waals surface area contributed by atoms with Crippen LogP contribution in [-0.2, 0) is 0 Å². The Balaban J connectivity index is 1.34. The highest BCUT2D eigenvalue weighted by molar-refractivity contribution is 6.31. The SMILES string of the molecule is Nc1ncc2ccc(Cl)cc2c1/C=C/c1ccc(C(O)NCCCN2CCCCC2)cc1. The molecule has 168 valence electrons. The van der Waals surface area contributed by atoms with Crippen LogP contribution in [0.3, 0.4) is 0 Å². The largest absolute Gasteiger partial charge is 0.383 e. The number of benzene rings is 2. The number of nitrogens with two attached hydrogens (primary N) is 1. The van der Waals surface area contributed by atoms with Gasteiger partial charge in [0.05, 0.1) is 0 Å². The number of pyridine rings is 1. The van der Waals surface area contributed by atoms with Crippen LogP contribution in [0.2, 0.25) is 5.02 Å². The number of likely N-dealkylation sites (tertiary alicyclic amines) is 1. The second-order valence-electron chi connectivity index (χ2n) is 8.40. The second kappa shape index (κ2) is 10.9. The predicted octanol–water partition coefficient (Wildman–Crippen LogP) is 5.10. The van der Waals surface area contributed by atoms with E-state index in [1.54, 1.807) is 6.20 Å². The molecule has 5 nitrogen and oxygen atoms in total. The molecule has 4 N–H and O–H groups in total. The summed E-state index contributed by atoms with van der Waals surface area (Å²) >= 11 is 6.17. The number of hydrogen-bond acceptors (Lipinski definition) is 5. The lowest BCUT2D eigenvalue weighted by Gasteiger charge is -2.26. The zero-order valence-electron chi connectivity index (χ0n) is 18.3. The van der Waals surface area contributed by atoms with Gasteiger partial charge in [0, 0.05) is 22.2 Å². The number of fused-ring (bicyclic) bond motifs is 1. The number of piperidine rings is 1. The minimum atomic E-state index is -0.658. The Bertz CT molecular complexity index is 1060. The van der Waals surface area contributed by atoms with E-state index in [-0.39, 0.29) is 0 Å². The van der Waals surface area contributed by atoms with Crippen molar-refractivity contribution in [2.24, 2.45) is 0 Å². The fraction of sp³-hybridized carbons (Fsp3) is 0.346. The van der Waals surface area contributed by atoms with Crippen LogP contribution in [-0.4, -0.2) is 41.2 Å². The van der Waals surface area contributed by atoms with Crippen molar-refractivity contribution in [1.82, 2.24) is 15.2 Å². The molecule has 0 aliphatic carbocycles. The van der Waals surface area contributed by atoms with Gasteiger partial charge in [0.1, 0.15) is 12.0 Å². The quantitative estimate of drug-likeness (QED) is 0.329. The van der Waals surface area contributed by atoms with E-state index in [1.807, 2.05) is 54.6 Å². The van der Waals surface area contributed by atoms with Crippen molar-refractivity contribution in [2.75, 3.05) is 31.9 Å². The first-order chi connectivity index (χ1) is 15.6. The number of aromatic nitrogens is 1. The molecule has 0 saturated carbocycles. The normalized spacial score (nSPS) is 16.1. The first kappa shape index (κ1) is 22.7. The van der Waals surface area contributed by atoms with E-state index in [2.05, 4.69) is 15.2 Å². The number of halogens is 1. The maximum atomic E-state index is 10.5. The molecular weight excluding hydrogens is 420 g/mol. The summed E-state index contributed by atoms with van der Waals surface area (Å²) in [5.74, 6) is 0.469. The van der Waals surface area contributed by atoms with Crippen LogP contribution in [0.15, 0.2) is 48.7 Å². The van der Waals surface area contributed by atoms with Crippen molar-refractivity contribution in [2.45, 2.75) is 31.9 Å². The Morgan fingerprint density at radius 3 is 2.66 bits per heavy atom. The molecule has 2 aromatic carbocycles. The van der Waals surface area contributed by atoms with Gasteiger partial charge in [-0.3, -0.25) is 5.32 Å². The summed E-state index contributed by atoms with van der Waals surface area (Å²) in [7, 11) is 0. The van der Waals surface area contributed by atoms with Gasteiger partial charge >= 0.3 is 0 Å². The molecule has 2 heterocycles. The van der Waals surface area contributed by atoms with Crippen LogP contribution in [0.5, 0.6) is 0 Å². The standard InChI is InChI=1S/C26H31ClN4O/c27-22-11-10-21-18-30-25(28)23(24(21)17-22)12-7-19-5-8-20(9-6-19)26(32)29-13-4-16-31-14-2-1-3-15-31/h5-12,17-18,26,29,32H,1-4,13-16H2,(H2,28,30)/b12-7+. The summed E-state index contributed by atoms with van der Waals surface area (Å²) in [6, 6.07) is 13.6. The zero-order valence-corrected chi connectivity index (χ0v) is 19.1. The summed E-state index contributed by atoms with van der Waals surface area (Å²) < 4.78 is 0. The Kier molecular flexibility index (Phi) is 7.76. The van der Waals surface area contributed by atoms with Crippen LogP contribution in [0.4, 0.5) is 5.82 Å². The van der Waals surface area contributed by atoms with Crippen molar-refractivity contribution >= 4 is 40.3 Å². The Labute approximate surface area is 194 Å². The number of nitrogens with one attached hydrogen (secondary N) is 1. The fourth-order valence-electron chi connectivity index (χ4n) is 4.21. The van der Waals surface area contributed by atoms with E-state index in [1.165, 1.54) is 32.4 Å². The lowest BCUT2D eigenvalue weighted by atomic mass is 10.0. The molecule has 1 aromatic heterocycles. The first-order valence-corrected chi connectivity index (χ1v) is 11.7. The maximum Gasteiger partial charge on any atom is 0.131 e. The second-order valence-corrected chi connectivity index (χ2v) is 8.84. The van der Waals surface area contributed by atoms with E-state index in [9.17, 15) is 5.11 Å². The molecule has 1 unspecified atom stereocenters. The van der Waals surface area contributed by atoms with Gasteiger partial charge in [0.15, 0.2) is 0 Å². The number of nitrogen functional groups attached to an aromatic ring is 1. The number of aliphatic hydroxyl groups excluding tert-OH is 1. The number of aliphatic hydroxyl groups is 1. The van der Waals surface area contributed by atoms with Crippen molar-refractivity contribution < 1.29 is 5.11 Å². The predicted molar refractivity (Wildman–Crippen MR) is 134 cm³/mol. The van der Waals surface area contributed by atoms with Gasteiger partial charge in [0.2, 0.25) is 0 Å². The molecule has 1 saturated heterocycles. The Morgan fingerprint density at radius 2 is 1.88 bits per heavy atom. The van der Waals surface area contributed by atoms with Gasteiger partial charge in [0.25, 0.3) is 0 Å². The summed E-state index contributed by atoms with van der Waals surface area (Å²) in [5.41, 5.74) is 8.85. The van der Waals surface area contributed by atoms with E-state index in [0.29, 0.717) is 10.8 Å². The molecule has 1 fully saturated rings. The van der Waals surface area contributed by atoms with Gasteiger partial charge in [-0.2, -0.15) is 0 Å². The van der Waals surface area contributed by atoms with Gasteiger partial charge in [-0.05, 0) is 74.1 Å². The van der Waals surface area contributed by atoms with Gasteiger partial charge in [-0.1, -0.05) is 60.5 Å². The Hall–Kier alpha value is -2.44. The molecule has 1 atom stereocenters. The summed E-state index contributed by atoms with van der Waals surface area (Å²) in [6.45, 7) is 4.33. The van der Waals surface area contributed by atoms with E-state index < -0.39 is 6.23 Å². The fourth-order valence-corrected chi connectivity index (χ4v) is 4.38. The van der Waals surface area contributed by atoms with Crippen molar-refractivity contribution in [1.29, 1.82) is 0 Å². The van der Waals surface area contributed by atoms with Gasteiger partial charge in [-0.25, -0.2) is 4.98 Å². The summed E-state index contributed by atoms with van der Waals surface area (Å²) in [5, 5.41) is 16.3. The summed E-state index contributed by atoms with van der Waals surface area (Å²) in [4.78, 5) is 6.81.